The van der Waals surface area contributed by atoms with Crippen LogP contribution in [0.25, 0.3) is 0 Å². The van der Waals surface area contributed by atoms with E-state index in [-0.39, 0.29) is 5.91 Å². The number of amides is 1. The highest BCUT2D eigenvalue weighted by molar-refractivity contribution is 5.94. The Morgan fingerprint density at radius 2 is 2.08 bits per heavy atom. The number of fused-ring (bicyclic) bond motifs is 1. The summed E-state index contributed by atoms with van der Waals surface area (Å²) in [6.45, 7) is 5.50. The van der Waals surface area contributed by atoms with Gasteiger partial charge in [0, 0.05) is 38.9 Å². The lowest BCUT2D eigenvalue weighted by Gasteiger charge is -2.18. The first-order valence-corrected chi connectivity index (χ1v) is 8.80. The molecule has 0 aromatic heterocycles. The van der Waals surface area contributed by atoms with Crippen LogP contribution in [-0.4, -0.2) is 51.8 Å². The number of nitrogens with one attached hydrogen (secondary N) is 3. The normalized spacial score (nSPS) is 13.8. The van der Waals surface area contributed by atoms with Gasteiger partial charge in [-0.05, 0) is 43.5 Å². The zero-order valence-corrected chi connectivity index (χ0v) is 15.1. The van der Waals surface area contributed by atoms with Crippen LogP contribution < -0.4 is 20.7 Å². The molecule has 1 aromatic rings. The summed E-state index contributed by atoms with van der Waals surface area (Å²) >= 11 is 0. The van der Waals surface area contributed by atoms with Gasteiger partial charge < -0.3 is 25.4 Å². The monoisotopic (exact) mass is 348 g/mol. The number of guanidine groups is 1. The number of nitrogens with zero attached hydrogens (tertiary/aromatic N) is 1. The number of hydrogen-bond donors (Lipinski definition) is 3. The van der Waals surface area contributed by atoms with E-state index in [1.54, 1.807) is 7.05 Å². The van der Waals surface area contributed by atoms with Gasteiger partial charge in [0.25, 0.3) is 0 Å². The second-order valence-corrected chi connectivity index (χ2v) is 5.69. The van der Waals surface area contributed by atoms with Crippen molar-refractivity contribution in [3.8, 4) is 5.75 Å². The molecule has 25 heavy (non-hydrogen) atoms. The average molecular weight is 348 g/mol. The highest BCUT2D eigenvalue weighted by atomic mass is 16.5. The Hall–Kier alpha value is -2.28. The number of aryl methyl sites for hydroxylation is 1. The molecular weight excluding hydrogens is 320 g/mol. The van der Waals surface area contributed by atoms with Gasteiger partial charge in [-0.2, -0.15) is 0 Å². The lowest BCUT2D eigenvalue weighted by molar-refractivity contribution is -0.116. The number of hydrogen-bond acceptors (Lipinski definition) is 4. The first-order valence-electron chi connectivity index (χ1n) is 8.80. The van der Waals surface area contributed by atoms with Gasteiger partial charge in [-0.15, -0.1) is 0 Å². The molecule has 1 aliphatic heterocycles. The molecule has 0 bridgehead atoms. The predicted molar refractivity (Wildman–Crippen MR) is 99.4 cm³/mol. The van der Waals surface area contributed by atoms with Gasteiger partial charge in [0.15, 0.2) is 5.96 Å². The minimum atomic E-state index is 0.0745. The van der Waals surface area contributed by atoms with Crippen LogP contribution in [0.3, 0.4) is 0 Å². The number of anilines is 1. The maximum atomic E-state index is 11.4. The van der Waals surface area contributed by atoms with E-state index in [1.165, 1.54) is 0 Å². The topological polar surface area (TPSA) is 84.0 Å². The third-order valence-electron chi connectivity index (χ3n) is 3.82. The Kier molecular flexibility index (Phi) is 8.04. The molecule has 7 heteroatoms. The fourth-order valence-electron chi connectivity index (χ4n) is 2.53. The summed E-state index contributed by atoms with van der Waals surface area (Å²) in [6, 6.07) is 5.77. The minimum absolute atomic E-state index is 0.0745. The van der Waals surface area contributed by atoms with Crippen molar-refractivity contribution >= 4 is 17.6 Å². The molecule has 0 saturated carbocycles. The number of benzene rings is 1. The van der Waals surface area contributed by atoms with Crippen molar-refractivity contribution in [1.82, 2.24) is 10.6 Å². The molecule has 0 radical (unpaired) electrons. The Balaban J connectivity index is 1.66. The predicted octanol–water partition coefficient (Wildman–Crippen LogP) is 1.54. The molecule has 1 aromatic carbocycles. The largest absolute Gasteiger partial charge is 0.492 e. The van der Waals surface area contributed by atoms with E-state index in [9.17, 15) is 4.79 Å². The first-order chi connectivity index (χ1) is 12.2. The second-order valence-electron chi connectivity index (χ2n) is 5.69. The summed E-state index contributed by atoms with van der Waals surface area (Å²) in [4.78, 5) is 15.5. The van der Waals surface area contributed by atoms with Crippen molar-refractivity contribution in [2.24, 2.45) is 4.99 Å². The smallest absolute Gasteiger partial charge is 0.224 e. The molecule has 1 aliphatic rings. The van der Waals surface area contributed by atoms with Gasteiger partial charge in [-0.1, -0.05) is 0 Å². The van der Waals surface area contributed by atoms with E-state index in [2.05, 4.69) is 20.9 Å². The van der Waals surface area contributed by atoms with Crippen LogP contribution in [0, 0.1) is 0 Å². The molecule has 3 N–H and O–H groups in total. The molecule has 1 amide bonds. The van der Waals surface area contributed by atoms with E-state index in [4.69, 9.17) is 9.47 Å². The number of aliphatic imine (C=N–C) groups is 1. The van der Waals surface area contributed by atoms with Gasteiger partial charge in [-0.3, -0.25) is 9.79 Å². The van der Waals surface area contributed by atoms with Crippen molar-refractivity contribution < 1.29 is 14.3 Å². The number of carbonyl (C=O) groups is 1. The molecule has 0 aliphatic carbocycles. The van der Waals surface area contributed by atoms with E-state index in [0.29, 0.717) is 19.6 Å². The van der Waals surface area contributed by atoms with Crippen LogP contribution in [0.4, 0.5) is 5.69 Å². The van der Waals surface area contributed by atoms with Gasteiger partial charge in [0.1, 0.15) is 12.4 Å². The summed E-state index contributed by atoms with van der Waals surface area (Å²) in [6.07, 6.45) is 2.23. The highest BCUT2D eigenvalue weighted by Gasteiger charge is 2.14. The van der Waals surface area contributed by atoms with E-state index < -0.39 is 0 Å². The van der Waals surface area contributed by atoms with Gasteiger partial charge >= 0.3 is 0 Å². The highest BCUT2D eigenvalue weighted by Crippen LogP contribution is 2.26. The zero-order chi connectivity index (χ0) is 17.9. The molecule has 0 fully saturated rings. The molecule has 0 unspecified atom stereocenters. The van der Waals surface area contributed by atoms with Crippen molar-refractivity contribution in [1.29, 1.82) is 0 Å². The lowest BCUT2D eigenvalue weighted by atomic mass is 10.0. The van der Waals surface area contributed by atoms with Crippen LogP contribution >= 0.6 is 0 Å². The molecule has 0 saturated heterocycles. The molecular formula is C18H28N4O3. The third-order valence-corrected chi connectivity index (χ3v) is 3.82. The maximum Gasteiger partial charge on any atom is 0.224 e. The third kappa shape index (κ3) is 6.62. The van der Waals surface area contributed by atoms with Crippen LogP contribution in [0.15, 0.2) is 23.2 Å². The average Bonchev–Trinajstić information content (AvgIpc) is 2.63. The van der Waals surface area contributed by atoms with E-state index in [0.717, 1.165) is 55.6 Å². The van der Waals surface area contributed by atoms with Crippen molar-refractivity contribution in [2.75, 3.05) is 45.3 Å². The van der Waals surface area contributed by atoms with Crippen molar-refractivity contribution in [3.05, 3.63) is 23.8 Å². The molecule has 2 rings (SSSR count). The van der Waals surface area contributed by atoms with Gasteiger partial charge in [-0.25, -0.2) is 0 Å². The van der Waals surface area contributed by atoms with Gasteiger partial charge in [0.2, 0.25) is 5.91 Å². The summed E-state index contributed by atoms with van der Waals surface area (Å²) in [7, 11) is 1.75. The SMILES string of the molecule is CCOCCCNC(=NC)NCCOc1ccc2c(c1)CCC(=O)N2. The lowest BCUT2D eigenvalue weighted by Crippen LogP contribution is -2.39. The fourth-order valence-corrected chi connectivity index (χ4v) is 2.53. The number of carbonyl (C=O) groups excluding carboxylic acids is 1. The van der Waals surface area contributed by atoms with Crippen LogP contribution in [0.5, 0.6) is 5.75 Å². The van der Waals surface area contributed by atoms with Crippen molar-refractivity contribution in [3.63, 3.8) is 0 Å². The Bertz CT molecular complexity index is 590. The molecule has 0 spiro atoms. The Morgan fingerprint density at radius 3 is 2.88 bits per heavy atom. The Labute approximate surface area is 149 Å². The quantitative estimate of drug-likeness (QED) is 0.358. The molecule has 138 valence electrons. The summed E-state index contributed by atoms with van der Waals surface area (Å²) in [5.74, 6) is 1.65. The molecule has 7 nitrogen and oxygen atoms in total. The molecule has 0 atom stereocenters. The summed E-state index contributed by atoms with van der Waals surface area (Å²) in [5.41, 5.74) is 2.01. The maximum absolute atomic E-state index is 11.4. The summed E-state index contributed by atoms with van der Waals surface area (Å²) in [5, 5.41) is 9.32. The molecule has 1 heterocycles. The van der Waals surface area contributed by atoms with E-state index >= 15 is 0 Å². The van der Waals surface area contributed by atoms with E-state index in [1.807, 2.05) is 25.1 Å². The van der Waals surface area contributed by atoms with Crippen LogP contribution in [-0.2, 0) is 16.0 Å². The standard InChI is InChI=1S/C18H28N4O3/c1-3-24-11-4-9-20-18(19-2)21-10-12-25-15-6-7-16-14(13-15)5-8-17(23)22-16/h6-7,13H,3-5,8-12H2,1-2H3,(H,22,23)(H2,19,20,21). The fraction of sp³-hybridized carbons (Fsp3) is 0.556. The zero-order valence-electron chi connectivity index (χ0n) is 15.1. The minimum Gasteiger partial charge on any atom is -0.492 e. The Morgan fingerprint density at radius 1 is 1.24 bits per heavy atom. The first kappa shape index (κ1) is 19.1. The van der Waals surface area contributed by atoms with Crippen molar-refractivity contribution in [2.45, 2.75) is 26.2 Å². The summed E-state index contributed by atoms with van der Waals surface area (Å²) < 4.78 is 11.1. The van der Waals surface area contributed by atoms with Gasteiger partial charge in [0.05, 0.1) is 6.54 Å². The second kappa shape index (κ2) is 10.6. The number of rotatable bonds is 9. The van der Waals surface area contributed by atoms with Crippen LogP contribution in [0.2, 0.25) is 0 Å². The number of ether oxygens (including phenoxy) is 2. The van der Waals surface area contributed by atoms with Crippen LogP contribution in [0.1, 0.15) is 25.3 Å².